The van der Waals surface area contributed by atoms with E-state index in [1.807, 2.05) is 12.1 Å². The molecule has 1 N–H and O–H groups in total. The van der Waals surface area contributed by atoms with E-state index >= 15 is 0 Å². The minimum absolute atomic E-state index is 0.698. The van der Waals surface area contributed by atoms with E-state index in [0.717, 1.165) is 12.7 Å². The Hall–Kier alpha value is -1.31. The predicted octanol–water partition coefficient (Wildman–Crippen LogP) is 8.58. The molecule has 2 heteroatoms. The Morgan fingerprint density at radius 1 is 0.679 bits per heavy atom. The van der Waals surface area contributed by atoms with Crippen LogP contribution in [0.15, 0.2) is 24.3 Å². The molecule has 0 spiro atoms. The topological polar surface area (TPSA) is 32.9 Å². The number of carbonyl (C=O) groups is 1. The molecule has 1 aromatic heterocycles. The lowest BCUT2D eigenvalue weighted by atomic mass is 10.0. The highest BCUT2D eigenvalue weighted by Gasteiger charge is 1.98. The van der Waals surface area contributed by atoms with E-state index in [-0.39, 0.29) is 0 Å². The van der Waals surface area contributed by atoms with Crippen LogP contribution in [0.5, 0.6) is 0 Å². The van der Waals surface area contributed by atoms with Crippen molar-refractivity contribution < 1.29 is 4.79 Å². The minimum Gasteiger partial charge on any atom is -0.356 e. The molecule has 0 aromatic carbocycles. The number of aromatic amines is 1. The number of unbranched alkanes of at least 4 members (excludes halogenated alkanes) is 15. The van der Waals surface area contributed by atoms with E-state index in [9.17, 15) is 4.79 Å². The Bertz CT molecular complexity index is 488. The third-order valence-corrected chi connectivity index (χ3v) is 5.60. The molecule has 0 radical (unpaired) electrons. The van der Waals surface area contributed by atoms with Crippen LogP contribution in [-0.4, -0.2) is 11.3 Å². The molecule has 0 atom stereocenters. The molecule has 1 heterocycles. The molecule has 0 fully saturated rings. The maximum Gasteiger partial charge on any atom is 0.166 e. The number of aldehydes is 1. The van der Waals surface area contributed by atoms with Crippen LogP contribution in [0.25, 0.3) is 0 Å². The average Bonchev–Trinajstić information content (AvgIpc) is 3.18. The van der Waals surface area contributed by atoms with Crippen molar-refractivity contribution in [2.45, 2.75) is 122 Å². The van der Waals surface area contributed by atoms with Gasteiger partial charge >= 0.3 is 0 Å². The van der Waals surface area contributed by atoms with E-state index < -0.39 is 0 Å². The molecule has 0 bridgehead atoms. The third-order valence-electron chi connectivity index (χ3n) is 5.60. The minimum atomic E-state index is 0.698. The van der Waals surface area contributed by atoms with Crippen molar-refractivity contribution in [2.24, 2.45) is 0 Å². The third kappa shape index (κ3) is 14.7. The molecule has 0 aliphatic heterocycles. The standard InChI is InChI=1S/C26H45NO/c1-2-3-4-5-6-7-8-9-10-11-12-13-14-15-16-17-18-19-20-21-25-22-23-26(24-28)27-25/h7-8,22-24,27H,2-6,9-21H2,1H3. The summed E-state index contributed by atoms with van der Waals surface area (Å²) in [6.07, 6.45) is 30.0. The lowest BCUT2D eigenvalue weighted by Gasteiger charge is -2.03. The van der Waals surface area contributed by atoms with E-state index in [2.05, 4.69) is 24.1 Å². The van der Waals surface area contributed by atoms with Gasteiger partial charge in [-0.15, -0.1) is 0 Å². The molecule has 28 heavy (non-hydrogen) atoms. The number of carbonyl (C=O) groups excluding carboxylic acids is 1. The van der Waals surface area contributed by atoms with E-state index in [1.54, 1.807) is 0 Å². The number of aromatic nitrogens is 1. The van der Waals surface area contributed by atoms with Gasteiger partial charge in [-0.3, -0.25) is 4.79 Å². The molecule has 160 valence electrons. The summed E-state index contributed by atoms with van der Waals surface area (Å²) in [5.41, 5.74) is 1.90. The van der Waals surface area contributed by atoms with Crippen molar-refractivity contribution in [2.75, 3.05) is 0 Å². The van der Waals surface area contributed by atoms with Gasteiger partial charge in [0.25, 0.3) is 0 Å². The van der Waals surface area contributed by atoms with Gasteiger partial charge in [-0.25, -0.2) is 0 Å². The molecule has 0 unspecified atom stereocenters. The number of aryl methyl sites for hydroxylation is 1. The maximum atomic E-state index is 10.6. The van der Waals surface area contributed by atoms with E-state index in [4.69, 9.17) is 0 Å². The summed E-state index contributed by atoms with van der Waals surface area (Å²) in [5, 5.41) is 0. The van der Waals surface area contributed by atoms with Gasteiger partial charge in [-0.1, -0.05) is 96.1 Å². The Kier molecular flexibility index (Phi) is 16.8. The molecular formula is C26H45NO. The van der Waals surface area contributed by atoms with Crippen molar-refractivity contribution in [3.63, 3.8) is 0 Å². The fourth-order valence-corrected chi connectivity index (χ4v) is 3.77. The normalized spacial score (nSPS) is 11.5. The van der Waals surface area contributed by atoms with Crippen molar-refractivity contribution >= 4 is 6.29 Å². The molecule has 0 aliphatic carbocycles. The van der Waals surface area contributed by atoms with Crippen molar-refractivity contribution in [3.8, 4) is 0 Å². The second-order valence-corrected chi connectivity index (χ2v) is 8.31. The first-order chi connectivity index (χ1) is 13.9. The molecule has 0 saturated heterocycles. The maximum absolute atomic E-state index is 10.6. The molecule has 2 nitrogen and oxygen atoms in total. The van der Waals surface area contributed by atoms with Gasteiger partial charge in [-0.05, 0) is 50.7 Å². The number of hydrogen-bond acceptors (Lipinski definition) is 1. The van der Waals surface area contributed by atoms with Crippen molar-refractivity contribution in [3.05, 3.63) is 35.7 Å². The van der Waals surface area contributed by atoms with Crippen LogP contribution in [0.3, 0.4) is 0 Å². The fourth-order valence-electron chi connectivity index (χ4n) is 3.77. The highest BCUT2D eigenvalue weighted by molar-refractivity contribution is 5.71. The smallest absolute Gasteiger partial charge is 0.166 e. The summed E-state index contributed by atoms with van der Waals surface area (Å²) in [5.74, 6) is 0. The first-order valence-electron chi connectivity index (χ1n) is 12.1. The highest BCUT2D eigenvalue weighted by atomic mass is 16.1. The summed E-state index contributed by atoms with van der Waals surface area (Å²) in [7, 11) is 0. The molecule has 1 rings (SSSR count). The second-order valence-electron chi connectivity index (χ2n) is 8.31. The Morgan fingerprint density at radius 3 is 1.68 bits per heavy atom. The summed E-state index contributed by atoms with van der Waals surface area (Å²) in [6.45, 7) is 2.27. The van der Waals surface area contributed by atoms with E-state index in [1.165, 1.54) is 115 Å². The zero-order valence-corrected chi connectivity index (χ0v) is 18.5. The van der Waals surface area contributed by atoms with Crippen LogP contribution in [0, 0.1) is 0 Å². The lowest BCUT2D eigenvalue weighted by Crippen LogP contribution is -1.88. The Balaban J connectivity index is 1.74. The van der Waals surface area contributed by atoms with Crippen LogP contribution >= 0.6 is 0 Å². The van der Waals surface area contributed by atoms with Gasteiger partial charge in [0, 0.05) is 5.69 Å². The highest BCUT2D eigenvalue weighted by Crippen LogP contribution is 2.13. The molecular weight excluding hydrogens is 342 g/mol. The number of H-pyrrole nitrogens is 1. The number of allylic oxidation sites excluding steroid dienone is 2. The van der Waals surface area contributed by atoms with Crippen LogP contribution in [-0.2, 0) is 6.42 Å². The Labute approximate surface area is 174 Å². The van der Waals surface area contributed by atoms with Gasteiger partial charge in [-0.2, -0.15) is 0 Å². The summed E-state index contributed by atoms with van der Waals surface area (Å²) >= 11 is 0. The van der Waals surface area contributed by atoms with Crippen LogP contribution in [0.2, 0.25) is 0 Å². The number of nitrogens with one attached hydrogen (secondary N) is 1. The first-order valence-corrected chi connectivity index (χ1v) is 12.1. The van der Waals surface area contributed by atoms with Gasteiger partial charge in [0.15, 0.2) is 6.29 Å². The quantitative estimate of drug-likeness (QED) is 0.136. The second kappa shape index (κ2) is 19.0. The molecule has 1 aromatic rings. The fraction of sp³-hybridized carbons (Fsp3) is 0.731. The summed E-state index contributed by atoms with van der Waals surface area (Å²) in [4.78, 5) is 13.8. The lowest BCUT2D eigenvalue weighted by molar-refractivity contribution is 0.111. The molecule has 0 saturated carbocycles. The molecule has 0 aliphatic rings. The van der Waals surface area contributed by atoms with Gasteiger partial charge in [0.05, 0.1) is 5.69 Å². The summed E-state index contributed by atoms with van der Waals surface area (Å²) < 4.78 is 0. The predicted molar refractivity (Wildman–Crippen MR) is 123 cm³/mol. The average molecular weight is 388 g/mol. The van der Waals surface area contributed by atoms with Gasteiger partial charge < -0.3 is 4.98 Å². The van der Waals surface area contributed by atoms with Gasteiger partial charge in [0.1, 0.15) is 0 Å². The zero-order chi connectivity index (χ0) is 20.1. The summed E-state index contributed by atoms with van der Waals surface area (Å²) in [6, 6.07) is 3.91. The SMILES string of the molecule is CCCCCCC=CCCCCCCCCCCCCCc1ccc(C=O)[nH]1. The van der Waals surface area contributed by atoms with Crippen molar-refractivity contribution in [1.29, 1.82) is 0 Å². The first kappa shape index (κ1) is 24.7. The zero-order valence-electron chi connectivity index (χ0n) is 18.5. The van der Waals surface area contributed by atoms with Crippen LogP contribution in [0.4, 0.5) is 0 Å². The van der Waals surface area contributed by atoms with Gasteiger partial charge in [0.2, 0.25) is 0 Å². The monoisotopic (exact) mass is 387 g/mol. The van der Waals surface area contributed by atoms with Crippen LogP contribution in [0.1, 0.15) is 132 Å². The molecule has 0 amide bonds. The number of rotatable bonds is 20. The van der Waals surface area contributed by atoms with Crippen LogP contribution < -0.4 is 0 Å². The largest absolute Gasteiger partial charge is 0.356 e. The van der Waals surface area contributed by atoms with E-state index in [0.29, 0.717) is 5.69 Å². The number of hydrogen-bond donors (Lipinski definition) is 1. The van der Waals surface area contributed by atoms with Crippen molar-refractivity contribution in [1.82, 2.24) is 4.98 Å². The Morgan fingerprint density at radius 2 is 1.18 bits per heavy atom.